The predicted molar refractivity (Wildman–Crippen MR) is 82.0 cm³/mol. The molecule has 0 spiro atoms. The normalized spacial score (nSPS) is 9.50. The van der Waals surface area contributed by atoms with Crippen molar-refractivity contribution in [2.75, 3.05) is 13.2 Å². The number of carbonyl (C=O) groups is 1. The first-order chi connectivity index (χ1) is 9.83. The molecule has 0 aliphatic heterocycles. The molecule has 0 N–H and O–H groups in total. The first-order valence-electron chi connectivity index (χ1n) is 6.99. The molecule has 2 rings (SSSR count). The average Bonchev–Trinajstić information content (AvgIpc) is 2.49. The first kappa shape index (κ1) is 16.0. The molecule has 0 radical (unpaired) electrons. The molecule has 0 bridgehead atoms. The predicted octanol–water partition coefficient (Wildman–Crippen LogP) is 4.20. The minimum Gasteiger partial charge on any atom is -0.493 e. The van der Waals surface area contributed by atoms with Gasteiger partial charge in [0.1, 0.15) is 5.75 Å². The van der Waals surface area contributed by atoms with Crippen molar-refractivity contribution in [2.45, 2.75) is 26.7 Å². The SMILES string of the molecule is CCCCOc1cccc2ccccc12.CCOC=O. The van der Waals surface area contributed by atoms with Gasteiger partial charge in [0.15, 0.2) is 0 Å². The van der Waals surface area contributed by atoms with Gasteiger partial charge in [0.05, 0.1) is 13.2 Å². The maximum absolute atomic E-state index is 9.18. The number of rotatable bonds is 6. The van der Waals surface area contributed by atoms with Gasteiger partial charge in [0.2, 0.25) is 0 Å². The lowest BCUT2D eigenvalue weighted by atomic mass is 10.1. The molecule has 3 nitrogen and oxygen atoms in total. The van der Waals surface area contributed by atoms with Crippen molar-refractivity contribution in [1.82, 2.24) is 0 Å². The van der Waals surface area contributed by atoms with E-state index in [1.54, 1.807) is 6.92 Å². The maximum Gasteiger partial charge on any atom is 0.293 e. The van der Waals surface area contributed by atoms with Crippen molar-refractivity contribution in [3.05, 3.63) is 42.5 Å². The molecule has 0 atom stereocenters. The lowest BCUT2D eigenvalue weighted by Crippen LogP contribution is -1.96. The van der Waals surface area contributed by atoms with Crippen LogP contribution in [0, 0.1) is 0 Å². The van der Waals surface area contributed by atoms with Gasteiger partial charge < -0.3 is 9.47 Å². The number of unbranched alkanes of at least 4 members (excludes halogenated alkanes) is 1. The van der Waals surface area contributed by atoms with Gasteiger partial charge in [0, 0.05) is 5.39 Å². The van der Waals surface area contributed by atoms with Gasteiger partial charge >= 0.3 is 0 Å². The van der Waals surface area contributed by atoms with Crippen LogP contribution >= 0.6 is 0 Å². The number of benzene rings is 2. The zero-order valence-corrected chi connectivity index (χ0v) is 12.2. The van der Waals surface area contributed by atoms with E-state index in [9.17, 15) is 4.79 Å². The van der Waals surface area contributed by atoms with E-state index >= 15 is 0 Å². The molecule has 0 fully saturated rings. The van der Waals surface area contributed by atoms with Crippen LogP contribution in [0.2, 0.25) is 0 Å². The third-order valence-electron chi connectivity index (χ3n) is 2.74. The van der Waals surface area contributed by atoms with E-state index in [0.717, 1.165) is 18.8 Å². The summed E-state index contributed by atoms with van der Waals surface area (Å²) in [4.78, 5) is 9.18. The summed E-state index contributed by atoms with van der Waals surface area (Å²) >= 11 is 0. The van der Waals surface area contributed by atoms with Gasteiger partial charge in [-0.25, -0.2) is 0 Å². The van der Waals surface area contributed by atoms with Crippen LogP contribution in [-0.2, 0) is 9.53 Å². The van der Waals surface area contributed by atoms with Crippen LogP contribution in [0.1, 0.15) is 26.7 Å². The Labute approximate surface area is 120 Å². The molecule has 0 aliphatic carbocycles. The Morgan fingerprint density at radius 3 is 2.45 bits per heavy atom. The molecule has 0 saturated heterocycles. The Morgan fingerprint density at radius 1 is 1.05 bits per heavy atom. The van der Waals surface area contributed by atoms with Crippen molar-refractivity contribution in [3.63, 3.8) is 0 Å². The fraction of sp³-hybridized carbons (Fsp3) is 0.353. The van der Waals surface area contributed by atoms with Crippen molar-refractivity contribution in [3.8, 4) is 5.75 Å². The van der Waals surface area contributed by atoms with Crippen LogP contribution in [0.15, 0.2) is 42.5 Å². The fourth-order valence-corrected chi connectivity index (χ4v) is 1.72. The highest BCUT2D eigenvalue weighted by Gasteiger charge is 1.99. The van der Waals surface area contributed by atoms with Crippen LogP contribution in [-0.4, -0.2) is 19.7 Å². The second kappa shape index (κ2) is 9.84. The topological polar surface area (TPSA) is 35.5 Å². The summed E-state index contributed by atoms with van der Waals surface area (Å²) in [6.45, 7) is 5.65. The molecule has 2 aromatic rings. The van der Waals surface area contributed by atoms with E-state index in [-0.39, 0.29) is 0 Å². The Balaban J connectivity index is 0.000000347. The fourth-order valence-electron chi connectivity index (χ4n) is 1.72. The highest BCUT2D eigenvalue weighted by atomic mass is 16.5. The summed E-state index contributed by atoms with van der Waals surface area (Å²) in [7, 11) is 0. The summed E-state index contributed by atoms with van der Waals surface area (Å²) in [5.74, 6) is 1.00. The minimum atomic E-state index is 0.431. The van der Waals surface area contributed by atoms with Crippen LogP contribution in [0.4, 0.5) is 0 Å². The van der Waals surface area contributed by atoms with Crippen LogP contribution in [0.5, 0.6) is 5.75 Å². The maximum atomic E-state index is 9.18. The van der Waals surface area contributed by atoms with Crippen molar-refractivity contribution >= 4 is 17.2 Å². The van der Waals surface area contributed by atoms with Crippen LogP contribution in [0.25, 0.3) is 10.8 Å². The third kappa shape index (κ3) is 5.31. The molecule has 2 aromatic carbocycles. The standard InChI is InChI=1S/C14H16O.C3H6O2/c1-2-3-11-15-14-10-6-8-12-7-4-5-9-13(12)14;1-2-5-3-4/h4-10H,2-3,11H2,1H3;3H,2H2,1H3. The lowest BCUT2D eigenvalue weighted by Gasteiger charge is -2.08. The molecular weight excluding hydrogens is 252 g/mol. The average molecular weight is 274 g/mol. The smallest absolute Gasteiger partial charge is 0.293 e. The third-order valence-corrected chi connectivity index (χ3v) is 2.74. The second-order valence-electron chi connectivity index (χ2n) is 4.23. The summed E-state index contributed by atoms with van der Waals surface area (Å²) < 4.78 is 9.91. The zero-order chi connectivity index (χ0) is 14.6. The van der Waals surface area contributed by atoms with Crippen LogP contribution < -0.4 is 4.74 Å². The quantitative estimate of drug-likeness (QED) is 0.585. The highest BCUT2D eigenvalue weighted by Crippen LogP contribution is 2.25. The Morgan fingerprint density at radius 2 is 1.80 bits per heavy atom. The van der Waals surface area contributed by atoms with Gasteiger partial charge in [-0.15, -0.1) is 0 Å². The number of carbonyl (C=O) groups excluding carboxylic acids is 1. The molecule has 0 amide bonds. The molecule has 0 aromatic heterocycles. The minimum absolute atomic E-state index is 0.431. The van der Waals surface area contributed by atoms with Gasteiger partial charge in [-0.1, -0.05) is 49.7 Å². The summed E-state index contributed by atoms with van der Waals surface area (Å²) in [6, 6.07) is 14.5. The highest BCUT2D eigenvalue weighted by molar-refractivity contribution is 5.88. The number of hydrogen-bond donors (Lipinski definition) is 0. The first-order valence-corrected chi connectivity index (χ1v) is 6.99. The number of fused-ring (bicyclic) bond motifs is 1. The largest absolute Gasteiger partial charge is 0.493 e. The lowest BCUT2D eigenvalue weighted by molar-refractivity contribution is -0.128. The molecule has 0 unspecified atom stereocenters. The Hall–Kier alpha value is -2.03. The summed E-state index contributed by atoms with van der Waals surface area (Å²) in [5, 5.41) is 2.45. The van der Waals surface area contributed by atoms with Gasteiger partial charge in [0.25, 0.3) is 6.47 Å². The Bertz CT molecular complexity index is 503. The van der Waals surface area contributed by atoms with E-state index in [4.69, 9.17) is 4.74 Å². The zero-order valence-electron chi connectivity index (χ0n) is 12.2. The summed E-state index contributed by atoms with van der Waals surface area (Å²) in [6.07, 6.45) is 2.29. The van der Waals surface area contributed by atoms with Crippen molar-refractivity contribution in [2.24, 2.45) is 0 Å². The molecule has 3 heteroatoms. The Kier molecular flexibility index (Phi) is 7.89. The van der Waals surface area contributed by atoms with Gasteiger partial charge in [-0.05, 0) is 24.8 Å². The van der Waals surface area contributed by atoms with Crippen LogP contribution in [0.3, 0.4) is 0 Å². The number of hydrogen-bond acceptors (Lipinski definition) is 3. The monoisotopic (exact) mass is 274 g/mol. The molecule has 108 valence electrons. The summed E-state index contributed by atoms with van der Waals surface area (Å²) in [5.41, 5.74) is 0. The molecule has 20 heavy (non-hydrogen) atoms. The van der Waals surface area contributed by atoms with E-state index < -0.39 is 0 Å². The number of ether oxygens (including phenoxy) is 2. The molecule has 0 aliphatic rings. The van der Waals surface area contributed by atoms with Crippen molar-refractivity contribution in [1.29, 1.82) is 0 Å². The van der Waals surface area contributed by atoms with E-state index in [0.29, 0.717) is 13.1 Å². The second-order valence-corrected chi connectivity index (χ2v) is 4.23. The van der Waals surface area contributed by atoms with E-state index in [1.807, 2.05) is 12.1 Å². The van der Waals surface area contributed by atoms with E-state index in [1.165, 1.54) is 17.2 Å². The molecule has 0 heterocycles. The van der Waals surface area contributed by atoms with Crippen molar-refractivity contribution < 1.29 is 14.3 Å². The van der Waals surface area contributed by atoms with Gasteiger partial charge in [-0.3, -0.25) is 4.79 Å². The van der Waals surface area contributed by atoms with E-state index in [2.05, 4.69) is 42.0 Å². The molecule has 0 saturated carbocycles. The molecular formula is C17H22O3. The van der Waals surface area contributed by atoms with Gasteiger partial charge in [-0.2, -0.15) is 0 Å².